The van der Waals surface area contributed by atoms with Crippen molar-refractivity contribution in [2.75, 3.05) is 32.8 Å². The van der Waals surface area contributed by atoms with E-state index in [1.807, 2.05) is 24.3 Å². The molecule has 1 aromatic heterocycles. The molecule has 2 heterocycles. The minimum Gasteiger partial charge on any atom is -0.494 e. The zero-order valence-corrected chi connectivity index (χ0v) is 19.2. The highest BCUT2D eigenvalue weighted by Crippen LogP contribution is 2.28. The Morgan fingerprint density at radius 2 is 1.83 bits per heavy atom. The largest absolute Gasteiger partial charge is 0.494 e. The van der Waals surface area contributed by atoms with Crippen LogP contribution in [0.3, 0.4) is 0 Å². The predicted molar refractivity (Wildman–Crippen MR) is 121 cm³/mol. The zero-order chi connectivity index (χ0) is 20.3. The van der Waals surface area contributed by atoms with Crippen molar-refractivity contribution in [3.8, 4) is 17.2 Å². The first-order chi connectivity index (χ1) is 14.3. The van der Waals surface area contributed by atoms with Gasteiger partial charge in [-0.2, -0.15) is 0 Å². The van der Waals surface area contributed by atoms with Gasteiger partial charge in [0, 0.05) is 12.1 Å². The van der Waals surface area contributed by atoms with Gasteiger partial charge < -0.3 is 14.5 Å². The Balaban J connectivity index is 1.43. The lowest BCUT2D eigenvalue weighted by molar-refractivity contribution is 0.218. The Bertz CT molecular complexity index is 711. The molecule has 1 N–H and O–H groups in total. The van der Waals surface area contributed by atoms with E-state index in [0.29, 0.717) is 5.89 Å². The van der Waals surface area contributed by atoms with Crippen molar-refractivity contribution < 1.29 is 9.15 Å². The first-order valence-corrected chi connectivity index (χ1v) is 11.9. The first kappa shape index (κ1) is 22.3. The Hall–Kier alpha value is -1.37. The van der Waals surface area contributed by atoms with E-state index in [-0.39, 0.29) is 0 Å². The van der Waals surface area contributed by atoms with Crippen molar-refractivity contribution in [1.29, 1.82) is 0 Å². The standard InChI is InChI=1S/C23H34BrN3O2/c1-2-3-5-13-25-14-8-17-28-20-11-9-19(10-12-20)23-26-21(22(24)29-23)18-27-15-6-4-7-16-27/h9-12,25H,2-8,13-18H2,1H3. The highest BCUT2D eigenvalue weighted by molar-refractivity contribution is 9.10. The first-order valence-electron chi connectivity index (χ1n) is 11.1. The van der Waals surface area contributed by atoms with Crippen LogP contribution in [0.4, 0.5) is 0 Å². The summed E-state index contributed by atoms with van der Waals surface area (Å²) in [5, 5.41) is 3.47. The summed E-state index contributed by atoms with van der Waals surface area (Å²) in [7, 11) is 0. The molecule has 160 valence electrons. The van der Waals surface area contributed by atoms with E-state index in [1.165, 1.54) is 38.5 Å². The minimum atomic E-state index is 0.659. The molecule has 0 saturated carbocycles. The van der Waals surface area contributed by atoms with E-state index >= 15 is 0 Å². The molecule has 1 fully saturated rings. The maximum atomic E-state index is 5.87. The molecule has 1 aliphatic rings. The van der Waals surface area contributed by atoms with Gasteiger partial charge in [-0.1, -0.05) is 26.2 Å². The van der Waals surface area contributed by atoms with E-state index in [0.717, 1.165) is 67.4 Å². The summed E-state index contributed by atoms with van der Waals surface area (Å²) < 4.78 is 12.5. The van der Waals surface area contributed by atoms with Crippen molar-refractivity contribution in [2.45, 2.75) is 58.4 Å². The number of oxazole rings is 1. The number of ether oxygens (including phenoxy) is 1. The van der Waals surface area contributed by atoms with E-state index in [1.54, 1.807) is 0 Å². The molecule has 1 aliphatic heterocycles. The van der Waals surface area contributed by atoms with Crippen LogP contribution in [0, 0.1) is 0 Å². The highest BCUT2D eigenvalue weighted by Gasteiger charge is 2.17. The molecule has 2 aromatic rings. The van der Waals surface area contributed by atoms with Gasteiger partial charge in [-0.3, -0.25) is 4.90 Å². The summed E-state index contributed by atoms with van der Waals surface area (Å²) in [6.07, 6.45) is 8.74. The number of halogens is 1. The average molecular weight is 464 g/mol. The fourth-order valence-electron chi connectivity index (χ4n) is 3.59. The lowest BCUT2D eigenvalue weighted by Gasteiger charge is -2.25. The molecule has 0 unspecified atom stereocenters. The normalized spacial score (nSPS) is 15.0. The van der Waals surface area contributed by atoms with Gasteiger partial charge in [0.2, 0.25) is 5.89 Å². The van der Waals surface area contributed by atoms with E-state index in [4.69, 9.17) is 14.1 Å². The molecule has 5 nitrogen and oxygen atoms in total. The summed E-state index contributed by atoms with van der Waals surface area (Å²) in [5.41, 5.74) is 1.95. The van der Waals surface area contributed by atoms with Crippen LogP contribution >= 0.6 is 15.9 Å². The van der Waals surface area contributed by atoms with Gasteiger partial charge in [0.1, 0.15) is 11.4 Å². The second-order valence-corrected chi connectivity index (χ2v) is 8.48. The third kappa shape index (κ3) is 7.43. The van der Waals surface area contributed by atoms with Crippen LogP contribution in [0.15, 0.2) is 33.4 Å². The zero-order valence-electron chi connectivity index (χ0n) is 17.6. The van der Waals surface area contributed by atoms with Crippen molar-refractivity contribution in [2.24, 2.45) is 0 Å². The number of rotatable bonds is 12. The van der Waals surface area contributed by atoms with E-state index in [2.05, 4.69) is 33.1 Å². The van der Waals surface area contributed by atoms with Crippen molar-refractivity contribution in [1.82, 2.24) is 15.2 Å². The Labute approximate surface area is 183 Å². The van der Waals surface area contributed by atoms with Crippen LogP contribution < -0.4 is 10.1 Å². The fraction of sp³-hybridized carbons (Fsp3) is 0.609. The molecule has 0 bridgehead atoms. The van der Waals surface area contributed by atoms with Crippen LogP contribution in [-0.4, -0.2) is 42.7 Å². The van der Waals surface area contributed by atoms with Crippen molar-refractivity contribution in [3.63, 3.8) is 0 Å². The number of nitrogens with zero attached hydrogens (tertiary/aromatic N) is 2. The number of likely N-dealkylation sites (tertiary alicyclic amines) is 1. The van der Waals surface area contributed by atoms with Gasteiger partial charge >= 0.3 is 0 Å². The molecule has 0 spiro atoms. The molecular weight excluding hydrogens is 430 g/mol. The molecule has 0 amide bonds. The number of hydrogen-bond donors (Lipinski definition) is 1. The van der Waals surface area contributed by atoms with E-state index < -0.39 is 0 Å². The molecule has 0 radical (unpaired) electrons. The van der Waals surface area contributed by atoms with Gasteiger partial charge in [-0.15, -0.1) is 0 Å². The molecule has 3 rings (SSSR count). The number of aromatic nitrogens is 1. The molecule has 0 aliphatic carbocycles. The number of unbranched alkanes of at least 4 members (excludes halogenated alkanes) is 2. The van der Waals surface area contributed by atoms with Gasteiger partial charge in [-0.25, -0.2) is 4.98 Å². The second kappa shape index (κ2) is 12.4. The lowest BCUT2D eigenvalue weighted by atomic mass is 10.1. The Morgan fingerprint density at radius 3 is 2.59 bits per heavy atom. The van der Waals surface area contributed by atoms with Gasteiger partial charge in [-0.05, 0) is 92.1 Å². The summed E-state index contributed by atoms with van der Waals surface area (Å²) >= 11 is 3.54. The number of benzene rings is 1. The number of nitrogens with one attached hydrogen (secondary N) is 1. The molecule has 0 atom stereocenters. The number of hydrogen-bond acceptors (Lipinski definition) is 5. The average Bonchev–Trinajstić information content (AvgIpc) is 3.11. The van der Waals surface area contributed by atoms with Gasteiger partial charge in [0.05, 0.1) is 6.61 Å². The van der Waals surface area contributed by atoms with Crippen LogP contribution in [0.2, 0.25) is 0 Å². The SMILES string of the molecule is CCCCCNCCCOc1ccc(-c2nc(CN3CCCCC3)c(Br)o2)cc1. The summed E-state index contributed by atoms with van der Waals surface area (Å²) in [6.45, 7) is 8.21. The van der Waals surface area contributed by atoms with Gasteiger partial charge in [0.15, 0.2) is 4.67 Å². The molecule has 6 heteroatoms. The van der Waals surface area contributed by atoms with Crippen molar-refractivity contribution >= 4 is 15.9 Å². The van der Waals surface area contributed by atoms with Crippen LogP contribution in [0.25, 0.3) is 11.5 Å². The quantitative estimate of drug-likeness (QED) is 0.412. The Kier molecular flexibility index (Phi) is 9.51. The van der Waals surface area contributed by atoms with E-state index in [9.17, 15) is 0 Å². The number of piperidine rings is 1. The third-order valence-electron chi connectivity index (χ3n) is 5.30. The van der Waals surface area contributed by atoms with Crippen LogP contribution in [0.5, 0.6) is 5.75 Å². The molecule has 1 saturated heterocycles. The summed E-state index contributed by atoms with van der Waals surface area (Å²) in [5.74, 6) is 1.55. The summed E-state index contributed by atoms with van der Waals surface area (Å²) in [6, 6.07) is 8.02. The van der Waals surface area contributed by atoms with Crippen LogP contribution in [0.1, 0.15) is 57.6 Å². The molecule has 29 heavy (non-hydrogen) atoms. The lowest BCUT2D eigenvalue weighted by Crippen LogP contribution is -2.29. The maximum Gasteiger partial charge on any atom is 0.227 e. The van der Waals surface area contributed by atoms with Crippen LogP contribution in [-0.2, 0) is 6.54 Å². The fourth-order valence-corrected chi connectivity index (χ4v) is 3.96. The second-order valence-electron chi connectivity index (χ2n) is 7.76. The third-order valence-corrected chi connectivity index (χ3v) is 5.92. The summed E-state index contributed by atoms with van der Waals surface area (Å²) in [4.78, 5) is 7.17. The molecule has 1 aromatic carbocycles. The predicted octanol–water partition coefficient (Wildman–Crippen LogP) is 5.64. The highest BCUT2D eigenvalue weighted by atomic mass is 79.9. The topological polar surface area (TPSA) is 50.5 Å². The van der Waals surface area contributed by atoms with Gasteiger partial charge in [0.25, 0.3) is 0 Å². The minimum absolute atomic E-state index is 0.659. The molecular formula is C23H34BrN3O2. The van der Waals surface area contributed by atoms with Crippen molar-refractivity contribution in [3.05, 3.63) is 34.6 Å². The smallest absolute Gasteiger partial charge is 0.227 e. The Morgan fingerprint density at radius 1 is 1.07 bits per heavy atom. The maximum absolute atomic E-state index is 5.87. The monoisotopic (exact) mass is 463 g/mol.